The van der Waals surface area contributed by atoms with Gasteiger partial charge in [0.2, 0.25) is 0 Å². The number of nitrogens with zero attached hydrogens (tertiary/aromatic N) is 6. The minimum atomic E-state index is -1.03. The van der Waals surface area contributed by atoms with Crippen LogP contribution in [0.1, 0.15) is 47.3 Å². The number of benzene rings is 1. The number of aliphatic carboxylic acids is 1. The van der Waals surface area contributed by atoms with E-state index in [0.29, 0.717) is 30.0 Å². The van der Waals surface area contributed by atoms with Crippen LogP contribution in [0.15, 0.2) is 42.7 Å². The summed E-state index contributed by atoms with van der Waals surface area (Å²) in [4.78, 5) is 32.7. The minimum Gasteiger partial charge on any atom is -0.480 e. The van der Waals surface area contributed by atoms with Gasteiger partial charge in [-0.2, -0.15) is 10.2 Å². The number of fused-ring (bicyclic) bond motifs is 2. The van der Waals surface area contributed by atoms with Gasteiger partial charge in [-0.05, 0) is 68.7 Å². The van der Waals surface area contributed by atoms with Crippen LogP contribution in [0.25, 0.3) is 22.2 Å². The van der Waals surface area contributed by atoms with Gasteiger partial charge in [0.15, 0.2) is 0 Å². The monoisotopic (exact) mass is 570 g/mol. The van der Waals surface area contributed by atoms with Crippen molar-refractivity contribution in [1.29, 1.82) is 0 Å². The summed E-state index contributed by atoms with van der Waals surface area (Å²) in [7, 11) is 3.63. The SMILES string of the molecule is Cn1cc(-c2nn(C)c3c(C(=O)NC(CCN4CC[C@@H](CCc5ccc6c(n5)NCCC6)C4)C(=O)O)cccc23)cn1. The summed E-state index contributed by atoms with van der Waals surface area (Å²) >= 11 is 0. The number of anilines is 1. The molecular formula is C31H38N8O3. The van der Waals surface area contributed by atoms with Gasteiger partial charge in [0.1, 0.15) is 17.6 Å². The summed E-state index contributed by atoms with van der Waals surface area (Å²) in [5.74, 6) is 0.159. The first-order valence-electron chi connectivity index (χ1n) is 14.8. The second-order valence-corrected chi connectivity index (χ2v) is 11.6. The summed E-state index contributed by atoms with van der Waals surface area (Å²) in [6.45, 7) is 3.49. The molecule has 1 fully saturated rings. The molecule has 11 nitrogen and oxygen atoms in total. The summed E-state index contributed by atoms with van der Waals surface area (Å²) in [5, 5.41) is 25.8. The lowest BCUT2D eigenvalue weighted by Gasteiger charge is -2.20. The van der Waals surface area contributed by atoms with Crippen molar-refractivity contribution < 1.29 is 14.7 Å². The highest BCUT2D eigenvalue weighted by Gasteiger charge is 2.27. The fourth-order valence-electron chi connectivity index (χ4n) is 6.29. The molecule has 0 radical (unpaired) electrons. The number of amides is 1. The van der Waals surface area contributed by atoms with Crippen LogP contribution >= 0.6 is 0 Å². The van der Waals surface area contributed by atoms with Crippen molar-refractivity contribution in [1.82, 2.24) is 34.8 Å². The van der Waals surface area contributed by atoms with Gasteiger partial charge in [0.05, 0.1) is 17.3 Å². The number of aryl methyl sites for hydroxylation is 4. The van der Waals surface area contributed by atoms with E-state index in [9.17, 15) is 14.7 Å². The predicted molar refractivity (Wildman–Crippen MR) is 160 cm³/mol. The Hall–Kier alpha value is -4.25. The Morgan fingerprint density at radius 3 is 2.90 bits per heavy atom. The third kappa shape index (κ3) is 5.87. The van der Waals surface area contributed by atoms with Gasteiger partial charge in [-0.1, -0.05) is 18.2 Å². The van der Waals surface area contributed by atoms with Crippen molar-refractivity contribution in [2.75, 3.05) is 31.5 Å². The zero-order valence-electron chi connectivity index (χ0n) is 24.2. The van der Waals surface area contributed by atoms with Gasteiger partial charge in [-0.15, -0.1) is 0 Å². The Kier molecular flexibility index (Phi) is 7.92. The molecule has 1 aromatic carbocycles. The number of carboxylic acid groups (broad SMARTS) is 1. The summed E-state index contributed by atoms with van der Waals surface area (Å²) in [6, 6.07) is 8.81. The van der Waals surface area contributed by atoms with Crippen molar-refractivity contribution in [2.24, 2.45) is 20.0 Å². The van der Waals surface area contributed by atoms with Crippen molar-refractivity contribution in [2.45, 2.75) is 44.6 Å². The molecule has 0 spiro atoms. The van der Waals surface area contributed by atoms with Crippen molar-refractivity contribution in [3.63, 3.8) is 0 Å². The molecule has 1 saturated heterocycles. The number of likely N-dealkylation sites (tertiary alicyclic amines) is 1. The number of pyridine rings is 1. The van der Waals surface area contributed by atoms with E-state index < -0.39 is 17.9 Å². The molecule has 2 atom stereocenters. The number of nitrogens with one attached hydrogen (secondary N) is 2. The van der Waals surface area contributed by atoms with Crippen LogP contribution in [0.5, 0.6) is 0 Å². The van der Waals surface area contributed by atoms with E-state index in [4.69, 9.17) is 4.98 Å². The first-order chi connectivity index (χ1) is 20.4. The molecule has 5 heterocycles. The van der Waals surface area contributed by atoms with E-state index in [1.54, 1.807) is 34.7 Å². The van der Waals surface area contributed by atoms with Crippen molar-refractivity contribution in [3.05, 3.63) is 59.5 Å². The molecule has 6 rings (SSSR count). The minimum absolute atomic E-state index is 0.341. The Labute approximate surface area is 244 Å². The van der Waals surface area contributed by atoms with E-state index in [0.717, 1.165) is 79.9 Å². The fraction of sp³-hybridized carbons (Fsp3) is 0.452. The van der Waals surface area contributed by atoms with Gasteiger partial charge >= 0.3 is 5.97 Å². The zero-order valence-corrected chi connectivity index (χ0v) is 24.2. The molecule has 0 bridgehead atoms. The number of hydrogen-bond donors (Lipinski definition) is 3. The van der Waals surface area contributed by atoms with Gasteiger partial charge in [0.25, 0.3) is 5.91 Å². The smallest absolute Gasteiger partial charge is 0.326 e. The maximum atomic E-state index is 13.4. The lowest BCUT2D eigenvalue weighted by atomic mass is 10.00. The second kappa shape index (κ2) is 11.9. The first kappa shape index (κ1) is 27.9. The van der Waals surface area contributed by atoms with Crippen LogP contribution in [0.3, 0.4) is 0 Å². The molecule has 3 aromatic heterocycles. The second-order valence-electron chi connectivity index (χ2n) is 11.6. The van der Waals surface area contributed by atoms with Crippen LogP contribution in [0, 0.1) is 5.92 Å². The van der Waals surface area contributed by atoms with E-state index in [1.165, 1.54) is 5.56 Å². The number of rotatable bonds is 10. The lowest BCUT2D eigenvalue weighted by Crippen LogP contribution is -2.43. The highest BCUT2D eigenvalue weighted by Crippen LogP contribution is 2.29. The van der Waals surface area contributed by atoms with E-state index in [-0.39, 0.29) is 0 Å². The predicted octanol–water partition coefficient (Wildman–Crippen LogP) is 3.25. The largest absolute Gasteiger partial charge is 0.480 e. The lowest BCUT2D eigenvalue weighted by molar-refractivity contribution is -0.139. The Bertz CT molecular complexity index is 1610. The van der Waals surface area contributed by atoms with Gasteiger partial charge < -0.3 is 20.6 Å². The maximum Gasteiger partial charge on any atom is 0.326 e. The third-order valence-electron chi connectivity index (χ3n) is 8.56. The molecule has 0 saturated carbocycles. The molecule has 2 aliphatic rings. The van der Waals surface area contributed by atoms with Gasteiger partial charge in [0, 0.05) is 56.6 Å². The number of para-hydroxylation sites is 1. The Balaban J connectivity index is 1.05. The highest BCUT2D eigenvalue weighted by atomic mass is 16.4. The van der Waals surface area contributed by atoms with Crippen LogP contribution in [-0.4, -0.2) is 78.6 Å². The Morgan fingerprint density at radius 2 is 2.10 bits per heavy atom. The van der Waals surface area contributed by atoms with Crippen molar-refractivity contribution >= 4 is 28.6 Å². The van der Waals surface area contributed by atoms with Crippen LogP contribution in [0.2, 0.25) is 0 Å². The third-order valence-corrected chi connectivity index (χ3v) is 8.56. The van der Waals surface area contributed by atoms with E-state index in [1.807, 2.05) is 19.3 Å². The van der Waals surface area contributed by atoms with E-state index in [2.05, 4.69) is 37.9 Å². The van der Waals surface area contributed by atoms with Crippen LogP contribution in [0.4, 0.5) is 5.82 Å². The van der Waals surface area contributed by atoms with Crippen molar-refractivity contribution in [3.8, 4) is 11.3 Å². The molecule has 2 aliphatic heterocycles. The average molecular weight is 571 g/mol. The fourth-order valence-corrected chi connectivity index (χ4v) is 6.29. The van der Waals surface area contributed by atoms with Crippen LogP contribution < -0.4 is 10.6 Å². The molecular weight excluding hydrogens is 532 g/mol. The molecule has 1 amide bonds. The maximum absolute atomic E-state index is 13.4. The topological polar surface area (TPSA) is 130 Å². The van der Waals surface area contributed by atoms with Gasteiger partial charge in [-0.3, -0.25) is 14.2 Å². The zero-order chi connectivity index (χ0) is 29.2. The van der Waals surface area contributed by atoms with Crippen LogP contribution in [-0.2, 0) is 31.7 Å². The summed E-state index contributed by atoms with van der Waals surface area (Å²) < 4.78 is 3.37. The molecule has 3 N–H and O–H groups in total. The Morgan fingerprint density at radius 1 is 1.21 bits per heavy atom. The number of aromatic nitrogens is 5. The summed E-state index contributed by atoms with van der Waals surface area (Å²) in [6.07, 6.45) is 9.31. The molecule has 220 valence electrons. The molecule has 4 aromatic rings. The van der Waals surface area contributed by atoms with Gasteiger partial charge in [-0.25, -0.2) is 9.78 Å². The number of carboxylic acids is 1. The molecule has 0 aliphatic carbocycles. The number of hydrogen-bond acceptors (Lipinski definition) is 7. The molecule has 1 unspecified atom stereocenters. The quantitative estimate of drug-likeness (QED) is 0.265. The normalized spacial score (nSPS) is 17.6. The summed E-state index contributed by atoms with van der Waals surface area (Å²) in [5.41, 5.74) is 5.08. The first-order valence-corrected chi connectivity index (χ1v) is 14.8. The van der Waals surface area contributed by atoms with E-state index >= 15 is 0 Å². The number of carbonyl (C=O) groups excluding carboxylic acids is 1. The molecule has 42 heavy (non-hydrogen) atoms. The standard InChI is InChI=1S/C31H38N8O3/c1-37-19-22(17-33-37)27-24-6-3-7-25(28(24)38(2)36-27)30(40)35-26(31(41)42)13-16-39-15-12-20(18-39)8-10-23-11-9-21-5-4-14-32-29(21)34-23/h3,6-7,9,11,17,19-20,26H,4-5,8,10,12-16,18H2,1-2H3,(H,32,34)(H,35,40)(H,41,42)/t20-,26?/m1/s1. The average Bonchev–Trinajstić information content (AvgIpc) is 3.72. The number of carbonyl (C=O) groups is 2. The molecule has 11 heteroatoms. The highest BCUT2D eigenvalue weighted by molar-refractivity contribution is 6.09.